The summed E-state index contributed by atoms with van der Waals surface area (Å²) in [7, 11) is 4.89. The third-order valence-corrected chi connectivity index (χ3v) is 7.28. The van der Waals surface area contributed by atoms with Gasteiger partial charge in [-0.3, -0.25) is 19.5 Å². The highest BCUT2D eigenvalue weighted by atomic mass is 19.3. The van der Waals surface area contributed by atoms with Gasteiger partial charge in [-0.05, 0) is 49.4 Å². The van der Waals surface area contributed by atoms with Crippen LogP contribution in [0.15, 0.2) is 72.7 Å². The minimum absolute atomic E-state index is 0.191. The Bertz CT molecular complexity index is 1600. The van der Waals surface area contributed by atoms with Gasteiger partial charge in [0.15, 0.2) is 0 Å². The van der Waals surface area contributed by atoms with Crippen molar-refractivity contribution in [2.45, 2.75) is 24.9 Å². The molecule has 2 atom stereocenters. The molecular weight excluding hydrogens is 544 g/mol. The molecule has 0 bridgehead atoms. The molecule has 2 aliphatic heterocycles. The fraction of sp³-hybridized carbons (Fsp3) is 0.267. The predicted molar refractivity (Wildman–Crippen MR) is 152 cm³/mol. The number of nitriles is 1. The van der Waals surface area contributed by atoms with Crippen LogP contribution in [0.2, 0.25) is 0 Å². The summed E-state index contributed by atoms with van der Waals surface area (Å²) >= 11 is 0. The van der Waals surface area contributed by atoms with E-state index in [1.54, 1.807) is 43.2 Å². The number of carbonyl (C=O) groups is 2. The van der Waals surface area contributed by atoms with Crippen LogP contribution in [-0.2, 0) is 10.7 Å². The van der Waals surface area contributed by atoms with Gasteiger partial charge in [0.2, 0.25) is 0 Å². The second-order valence-corrected chi connectivity index (χ2v) is 10.2. The van der Waals surface area contributed by atoms with E-state index in [0.717, 1.165) is 0 Å². The molecule has 5 rings (SSSR count). The van der Waals surface area contributed by atoms with Crippen LogP contribution in [0.5, 0.6) is 5.75 Å². The van der Waals surface area contributed by atoms with E-state index < -0.39 is 23.9 Å². The standard InChI is InChI=1S/C30H29F2N7O3/c1-18-17-38-27(24(16-35-38)36-28(40)19-5-10-25(42-4)20(13-19)15-33)29(41)39(18)23-8-6-21(7-9-23)30(31,32)22-11-12-34-26(14-22)37(2)3/h5-14,17,24,27,35H,16H2,1-4H3,(H,36,40). The number of halogens is 2. The number of hydrogen-bond donors (Lipinski definition) is 2. The summed E-state index contributed by atoms with van der Waals surface area (Å²) in [4.78, 5) is 34.0. The normalized spacial score (nSPS) is 18.2. The van der Waals surface area contributed by atoms with Crippen molar-refractivity contribution in [1.82, 2.24) is 20.7 Å². The van der Waals surface area contributed by atoms with Crippen molar-refractivity contribution in [2.24, 2.45) is 0 Å². The second kappa shape index (κ2) is 11.1. The number of alkyl halides is 2. The fourth-order valence-electron chi connectivity index (χ4n) is 5.08. The Morgan fingerprint density at radius 2 is 1.90 bits per heavy atom. The van der Waals surface area contributed by atoms with E-state index in [1.807, 2.05) is 6.07 Å². The zero-order valence-corrected chi connectivity index (χ0v) is 23.4. The van der Waals surface area contributed by atoms with E-state index >= 15 is 8.78 Å². The third-order valence-electron chi connectivity index (χ3n) is 7.28. The average Bonchev–Trinajstić information content (AvgIpc) is 3.39. The maximum absolute atomic E-state index is 15.4. The second-order valence-electron chi connectivity index (χ2n) is 10.2. The molecule has 12 heteroatoms. The van der Waals surface area contributed by atoms with Gasteiger partial charge >= 0.3 is 0 Å². The number of methoxy groups -OCH3 is 1. The first-order valence-corrected chi connectivity index (χ1v) is 13.1. The number of nitrogens with zero attached hydrogens (tertiary/aromatic N) is 5. The van der Waals surface area contributed by atoms with Crippen molar-refractivity contribution in [1.29, 1.82) is 5.26 Å². The largest absolute Gasteiger partial charge is 0.495 e. The zero-order chi connectivity index (χ0) is 30.2. The van der Waals surface area contributed by atoms with E-state index in [2.05, 4.69) is 15.7 Å². The Morgan fingerprint density at radius 3 is 2.57 bits per heavy atom. The number of nitrogens with one attached hydrogen (secondary N) is 2. The molecule has 2 unspecified atom stereocenters. The summed E-state index contributed by atoms with van der Waals surface area (Å²) in [5.41, 5.74) is 4.16. The fourth-order valence-corrected chi connectivity index (χ4v) is 5.08. The molecule has 0 aliphatic carbocycles. The molecule has 0 spiro atoms. The number of benzene rings is 2. The van der Waals surface area contributed by atoms with Gasteiger partial charge in [-0.1, -0.05) is 12.1 Å². The van der Waals surface area contributed by atoms with Gasteiger partial charge in [-0.2, -0.15) is 14.0 Å². The summed E-state index contributed by atoms with van der Waals surface area (Å²) in [5.74, 6) is -3.30. The quantitative estimate of drug-likeness (QED) is 0.443. The summed E-state index contributed by atoms with van der Waals surface area (Å²) < 4.78 is 36.0. The van der Waals surface area contributed by atoms with Crippen LogP contribution in [0.4, 0.5) is 20.3 Å². The lowest BCUT2D eigenvalue weighted by Gasteiger charge is -2.37. The SMILES string of the molecule is COc1ccc(C(=O)NC2CNN3C=C(C)N(c4ccc(C(F)(F)c5ccnc(N(C)C)c5)cc4)C(=O)C23)cc1C#N. The Hall–Kier alpha value is -5.02. The van der Waals surface area contributed by atoms with Crippen molar-refractivity contribution in [3.8, 4) is 11.8 Å². The monoisotopic (exact) mass is 573 g/mol. The van der Waals surface area contributed by atoms with Crippen LogP contribution in [0.1, 0.15) is 34.0 Å². The first-order chi connectivity index (χ1) is 20.0. The van der Waals surface area contributed by atoms with Crippen molar-refractivity contribution in [3.05, 3.63) is 94.9 Å². The summed E-state index contributed by atoms with van der Waals surface area (Å²) in [6.45, 7) is 2.03. The summed E-state index contributed by atoms with van der Waals surface area (Å²) in [6.07, 6.45) is 3.09. The lowest BCUT2D eigenvalue weighted by atomic mass is 10.00. The predicted octanol–water partition coefficient (Wildman–Crippen LogP) is 3.36. The maximum Gasteiger partial charge on any atom is 0.298 e. The molecule has 2 aromatic carbocycles. The number of hydrogen-bond acceptors (Lipinski definition) is 8. The van der Waals surface area contributed by atoms with Gasteiger partial charge < -0.3 is 15.0 Å². The van der Waals surface area contributed by atoms with Crippen LogP contribution in [0.3, 0.4) is 0 Å². The van der Waals surface area contributed by atoms with Crippen molar-refractivity contribution in [2.75, 3.05) is 37.5 Å². The average molecular weight is 574 g/mol. The molecule has 10 nitrogen and oxygen atoms in total. The number of aromatic nitrogens is 1. The number of hydrazine groups is 1. The number of rotatable bonds is 7. The summed E-state index contributed by atoms with van der Waals surface area (Å²) in [5, 5.41) is 13.9. The van der Waals surface area contributed by atoms with Crippen LogP contribution in [0.25, 0.3) is 0 Å². The molecule has 3 aromatic rings. The van der Waals surface area contributed by atoms with Gasteiger partial charge in [-0.15, -0.1) is 0 Å². The Kier molecular flexibility index (Phi) is 7.53. The van der Waals surface area contributed by atoms with Crippen LogP contribution >= 0.6 is 0 Å². The smallest absolute Gasteiger partial charge is 0.298 e. The number of amides is 2. The van der Waals surface area contributed by atoms with Crippen LogP contribution in [0, 0.1) is 11.3 Å². The van der Waals surface area contributed by atoms with Gasteiger partial charge in [-0.25, -0.2) is 10.4 Å². The van der Waals surface area contributed by atoms with Gasteiger partial charge in [0, 0.05) is 61.1 Å². The molecule has 216 valence electrons. The molecule has 0 saturated carbocycles. The van der Waals surface area contributed by atoms with E-state index in [9.17, 15) is 14.9 Å². The first-order valence-electron chi connectivity index (χ1n) is 13.1. The number of anilines is 2. The lowest BCUT2D eigenvalue weighted by Crippen LogP contribution is -2.56. The van der Waals surface area contributed by atoms with Gasteiger partial charge in [0.1, 0.15) is 23.7 Å². The Balaban J connectivity index is 1.36. The maximum atomic E-state index is 15.4. The molecule has 2 amide bonds. The molecule has 1 fully saturated rings. The van der Waals surface area contributed by atoms with E-state index in [1.165, 1.54) is 66.7 Å². The number of carbonyl (C=O) groups excluding carboxylic acids is 2. The van der Waals surface area contributed by atoms with E-state index in [4.69, 9.17) is 4.74 Å². The molecule has 0 radical (unpaired) electrons. The van der Waals surface area contributed by atoms with Crippen molar-refractivity contribution >= 4 is 23.3 Å². The zero-order valence-electron chi connectivity index (χ0n) is 23.4. The van der Waals surface area contributed by atoms with E-state index in [0.29, 0.717) is 23.0 Å². The molecule has 2 N–H and O–H groups in total. The minimum Gasteiger partial charge on any atom is -0.495 e. The van der Waals surface area contributed by atoms with Crippen molar-refractivity contribution in [3.63, 3.8) is 0 Å². The molecule has 3 heterocycles. The highest BCUT2D eigenvalue weighted by molar-refractivity contribution is 6.02. The minimum atomic E-state index is -3.28. The topological polar surface area (TPSA) is 114 Å². The van der Waals surface area contributed by atoms with Crippen molar-refractivity contribution < 1.29 is 23.1 Å². The molecule has 1 aromatic heterocycles. The van der Waals surface area contributed by atoms with E-state index in [-0.39, 0.29) is 34.7 Å². The van der Waals surface area contributed by atoms with Crippen LogP contribution < -0.4 is 25.3 Å². The lowest BCUT2D eigenvalue weighted by molar-refractivity contribution is -0.123. The molecule has 2 aliphatic rings. The number of ether oxygens (including phenoxy) is 1. The number of pyridine rings is 1. The highest BCUT2D eigenvalue weighted by Crippen LogP contribution is 2.38. The summed E-state index contributed by atoms with van der Waals surface area (Å²) in [6, 6.07) is 13.3. The van der Waals surface area contributed by atoms with Gasteiger partial charge in [0.05, 0.1) is 18.7 Å². The van der Waals surface area contributed by atoms with Crippen LogP contribution in [-0.4, -0.2) is 61.6 Å². The Morgan fingerprint density at radius 1 is 1.17 bits per heavy atom. The van der Waals surface area contributed by atoms with Gasteiger partial charge in [0.25, 0.3) is 17.7 Å². The number of fused-ring (bicyclic) bond motifs is 1. The molecule has 42 heavy (non-hydrogen) atoms. The molecular formula is C30H29F2N7O3. The highest BCUT2D eigenvalue weighted by Gasteiger charge is 2.45. The Labute approximate surface area is 241 Å². The third kappa shape index (κ3) is 5.10. The first kappa shape index (κ1) is 28.5. The number of allylic oxidation sites excluding steroid dienone is 1. The molecule has 1 saturated heterocycles.